The van der Waals surface area contributed by atoms with Gasteiger partial charge in [0.2, 0.25) is 5.91 Å². The Bertz CT molecular complexity index is 636. The van der Waals surface area contributed by atoms with Crippen LogP contribution in [0.3, 0.4) is 0 Å². The second kappa shape index (κ2) is 5.61. The Morgan fingerprint density at radius 3 is 2.73 bits per heavy atom. The number of halogens is 1. The van der Waals surface area contributed by atoms with Gasteiger partial charge in [-0.25, -0.2) is 0 Å². The molecule has 1 spiro atoms. The highest BCUT2D eigenvalue weighted by Crippen LogP contribution is 2.55. The minimum Gasteiger partial charge on any atom is -0.303 e. The van der Waals surface area contributed by atoms with Crippen molar-refractivity contribution >= 4 is 35.0 Å². The maximum absolute atomic E-state index is 12.8. The van der Waals surface area contributed by atoms with E-state index in [1.165, 1.54) is 37.0 Å². The summed E-state index contributed by atoms with van der Waals surface area (Å²) in [5, 5.41) is 0.853. The van der Waals surface area contributed by atoms with Gasteiger partial charge in [0.05, 0.1) is 11.7 Å². The van der Waals surface area contributed by atoms with Crippen LogP contribution < -0.4 is 4.90 Å². The topological polar surface area (TPSA) is 20.3 Å². The number of thioether (sulfide) groups is 1. The molecule has 0 bridgehead atoms. The van der Waals surface area contributed by atoms with Gasteiger partial charge in [0.15, 0.2) is 0 Å². The number of anilines is 1. The molecule has 1 amide bonds. The second-order valence-electron chi connectivity index (χ2n) is 6.52. The molecule has 0 N–H and O–H groups in total. The molecule has 4 rings (SSSR count). The SMILES string of the molecule is O=C1CCC(Cl)=C[C@H]2N1c1ccccc1SC21CCCCC1. The Morgan fingerprint density at radius 1 is 1.14 bits per heavy atom. The molecule has 2 aliphatic heterocycles. The lowest BCUT2D eigenvalue weighted by molar-refractivity contribution is -0.119. The van der Waals surface area contributed by atoms with Gasteiger partial charge in [-0.2, -0.15) is 0 Å². The summed E-state index contributed by atoms with van der Waals surface area (Å²) < 4.78 is 0.104. The Balaban J connectivity index is 1.88. The Morgan fingerprint density at radius 2 is 1.91 bits per heavy atom. The van der Waals surface area contributed by atoms with E-state index in [-0.39, 0.29) is 16.7 Å². The lowest BCUT2D eigenvalue weighted by atomic mass is 9.81. The molecule has 0 radical (unpaired) electrons. The van der Waals surface area contributed by atoms with Crippen molar-refractivity contribution in [3.05, 3.63) is 35.4 Å². The van der Waals surface area contributed by atoms with Crippen molar-refractivity contribution in [2.75, 3.05) is 4.90 Å². The number of hydrogen-bond donors (Lipinski definition) is 0. The number of allylic oxidation sites excluding steroid dienone is 1. The number of hydrogen-bond acceptors (Lipinski definition) is 2. The molecule has 1 saturated carbocycles. The van der Waals surface area contributed by atoms with Gasteiger partial charge in [0, 0.05) is 21.1 Å². The molecule has 1 aromatic rings. The average molecular weight is 334 g/mol. The number of carbonyl (C=O) groups is 1. The number of para-hydroxylation sites is 1. The van der Waals surface area contributed by atoms with Crippen molar-refractivity contribution in [2.45, 2.75) is 60.6 Å². The van der Waals surface area contributed by atoms with E-state index in [9.17, 15) is 4.79 Å². The largest absolute Gasteiger partial charge is 0.303 e. The zero-order valence-electron chi connectivity index (χ0n) is 12.6. The van der Waals surface area contributed by atoms with Gasteiger partial charge < -0.3 is 4.90 Å². The Labute approximate surface area is 140 Å². The van der Waals surface area contributed by atoms with Crippen LogP contribution in [-0.4, -0.2) is 16.7 Å². The van der Waals surface area contributed by atoms with Crippen LogP contribution in [0.4, 0.5) is 5.69 Å². The van der Waals surface area contributed by atoms with Crippen molar-refractivity contribution in [1.29, 1.82) is 0 Å². The fourth-order valence-electron chi connectivity index (χ4n) is 4.07. The van der Waals surface area contributed by atoms with E-state index in [0.717, 1.165) is 10.7 Å². The maximum Gasteiger partial charge on any atom is 0.227 e. The fourth-order valence-corrected chi connectivity index (χ4v) is 5.93. The summed E-state index contributed by atoms with van der Waals surface area (Å²) in [5.41, 5.74) is 1.07. The third-order valence-electron chi connectivity index (χ3n) is 5.14. The van der Waals surface area contributed by atoms with Crippen LogP contribution in [-0.2, 0) is 4.79 Å². The Kier molecular flexibility index (Phi) is 3.74. The van der Waals surface area contributed by atoms with Gasteiger partial charge in [-0.15, -0.1) is 11.8 Å². The molecule has 22 heavy (non-hydrogen) atoms. The van der Waals surface area contributed by atoms with Gasteiger partial charge in [-0.3, -0.25) is 4.79 Å². The summed E-state index contributed by atoms with van der Waals surface area (Å²) in [4.78, 5) is 16.1. The van der Waals surface area contributed by atoms with E-state index in [2.05, 4.69) is 24.3 Å². The summed E-state index contributed by atoms with van der Waals surface area (Å²) in [7, 11) is 0. The molecule has 1 fully saturated rings. The molecule has 4 heteroatoms. The quantitative estimate of drug-likeness (QED) is 0.657. The van der Waals surface area contributed by atoms with Crippen LogP contribution in [0.25, 0.3) is 0 Å². The molecule has 0 unspecified atom stereocenters. The standard InChI is InChI=1S/C18H20ClNOS/c19-13-8-9-17(21)20-14-6-2-3-7-15(14)22-18(16(20)12-13)10-4-1-5-11-18/h2-3,6-7,12,16H,1,4-5,8-11H2/t16-/m1/s1. The third-order valence-corrected chi connectivity index (χ3v) is 7.08. The van der Waals surface area contributed by atoms with Crippen molar-refractivity contribution in [1.82, 2.24) is 0 Å². The van der Waals surface area contributed by atoms with E-state index >= 15 is 0 Å². The Hall–Kier alpha value is -0.930. The summed E-state index contributed by atoms with van der Waals surface area (Å²) in [6.07, 6.45) is 9.50. The molecular weight excluding hydrogens is 314 g/mol. The van der Waals surface area contributed by atoms with Crippen LogP contribution in [0.1, 0.15) is 44.9 Å². The lowest BCUT2D eigenvalue weighted by Crippen LogP contribution is -2.55. The van der Waals surface area contributed by atoms with Crippen molar-refractivity contribution < 1.29 is 4.79 Å². The van der Waals surface area contributed by atoms with Crippen LogP contribution >= 0.6 is 23.4 Å². The van der Waals surface area contributed by atoms with E-state index in [4.69, 9.17) is 11.6 Å². The number of fused-ring (bicyclic) bond motifs is 4. The van der Waals surface area contributed by atoms with Crippen molar-refractivity contribution in [3.63, 3.8) is 0 Å². The first-order chi connectivity index (χ1) is 10.7. The second-order valence-corrected chi connectivity index (χ2v) is 8.46. The number of benzene rings is 1. The molecule has 0 saturated heterocycles. The zero-order chi connectivity index (χ0) is 15.2. The smallest absolute Gasteiger partial charge is 0.227 e. The molecule has 1 aliphatic carbocycles. The molecule has 2 heterocycles. The van der Waals surface area contributed by atoms with Crippen LogP contribution in [0.2, 0.25) is 0 Å². The fraction of sp³-hybridized carbons (Fsp3) is 0.500. The highest BCUT2D eigenvalue weighted by atomic mass is 35.5. The van der Waals surface area contributed by atoms with Crippen LogP contribution in [0.5, 0.6) is 0 Å². The summed E-state index contributed by atoms with van der Waals surface area (Å²) in [6, 6.07) is 8.45. The van der Waals surface area contributed by atoms with Crippen molar-refractivity contribution in [3.8, 4) is 0 Å². The minimum absolute atomic E-state index is 0.104. The molecule has 116 valence electrons. The predicted molar refractivity (Wildman–Crippen MR) is 92.6 cm³/mol. The van der Waals surface area contributed by atoms with E-state index in [0.29, 0.717) is 12.8 Å². The maximum atomic E-state index is 12.8. The molecule has 1 atom stereocenters. The molecule has 2 nitrogen and oxygen atoms in total. The number of amides is 1. The van der Waals surface area contributed by atoms with Gasteiger partial charge in [-0.1, -0.05) is 43.0 Å². The van der Waals surface area contributed by atoms with Gasteiger partial charge in [-0.05, 0) is 37.5 Å². The van der Waals surface area contributed by atoms with Crippen molar-refractivity contribution in [2.24, 2.45) is 0 Å². The van der Waals surface area contributed by atoms with Gasteiger partial charge in [0.25, 0.3) is 0 Å². The highest BCUT2D eigenvalue weighted by molar-refractivity contribution is 8.01. The zero-order valence-corrected chi connectivity index (χ0v) is 14.1. The first-order valence-electron chi connectivity index (χ1n) is 8.16. The molecule has 1 aromatic carbocycles. The summed E-state index contributed by atoms with van der Waals surface area (Å²) in [5.74, 6) is 0.217. The lowest BCUT2D eigenvalue weighted by Gasteiger charge is -2.50. The normalized spacial score (nSPS) is 27.0. The van der Waals surface area contributed by atoms with E-state index < -0.39 is 0 Å². The van der Waals surface area contributed by atoms with Gasteiger partial charge >= 0.3 is 0 Å². The summed E-state index contributed by atoms with van der Waals surface area (Å²) >= 11 is 8.39. The third kappa shape index (κ3) is 2.30. The average Bonchev–Trinajstić information content (AvgIpc) is 2.69. The first kappa shape index (κ1) is 14.6. The molecular formula is C18H20ClNOS. The van der Waals surface area contributed by atoms with E-state index in [1.807, 2.05) is 22.7 Å². The molecule has 0 aromatic heterocycles. The number of rotatable bonds is 0. The minimum atomic E-state index is 0.104. The number of nitrogens with zero attached hydrogens (tertiary/aromatic N) is 1. The predicted octanol–water partition coefficient (Wildman–Crippen LogP) is 5.11. The molecule has 3 aliphatic rings. The van der Waals surface area contributed by atoms with Crippen LogP contribution in [0, 0.1) is 0 Å². The van der Waals surface area contributed by atoms with E-state index in [1.54, 1.807) is 0 Å². The van der Waals surface area contributed by atoms with Crippen LogP contribution in [0.15, 0.2) is 40.3 Å². The monoisotopic (exact) mass is 333 g/mol. The van der Waals surface area contributed by atoms with Gasteiger partial charge in [0.1, 0.15) is 0 Å². The highest BCUT2D eigenvalue weighted by Gasteiger charge is 2.49. The first-order valence-corrected chi connectivity index (χ1v) is 9.35. The number of carbonyl (C=O) groups excluding carboxylic acids is 1. The summed E-state index contributed by atoms with van der Waals surface area (Å²) in [6.45, 7) is 0.